The van der Waals surface area contributed by atoms with Gasteiger partial charge in [0.2, 0.25) is 0 Å². The number of nitrogens with zero attached hydrogens (tertiary/aromatic N) is 1. The maximum atomic E-state index is 11.7. The third-order valence-electron chi connectivity index (χ3n) is 2.72. The first-order valence-electron chi connectivity index (χ1n) is 6.33. The Labute approximate surface area is 112 Å². The Morgan fingerprint density at radius 3 is 2.71 bits per heavy atom. The van der Waals surface area contributed by atoms with Crippen LogP contribution < -0.4 is 0 Å². The van der Waals surface area contributed by atoms with Crippen LogP contribution in [0.2, 0.25) is 0 Å². The minimum atomic E-state index is 0.321. The summed E-state index contributed by atoms with van der Waals surface area (Å²) in [5.41, 5.74) is 0.998. The van der Waals surface area contributed by atoms with Gasteiger partial charge in [0.15, 0.2) is 0 Å². The number of halogens is 1. The minimum Gasteiger partial charge on any atom is -0.299 e. The molecule has 0 saturated carbocycles. The molecule has 94 valence electrons. The number of aromatic nitrogens is 1. The van der Waals surface area contributed by atoms with Crippen LogP contribution in [0.15, 0.2) is 22.9 Å². The molecule has 1 heterocycles. The van der Waals surface area contributed by atoms with E-state index in [2.05, 4.69) is 27.8 Å². The number of carbonyl (C=O) groups is 1. The van der Waals surface area contributed by atoms with Crippen molar-refractivity contribution in [2.24, 2.45) is 0 Å². The summed E-state index contributed by atoms with van der Waals surface area (Å²) in [7, 11) is 0. The quantitative estimate of drug-likeness (QED) is 0.669. The molecule has 0 aliphatic heterocycles. The van der Waals surface area contributed by atoms with E-state index in [4.69, 9.17) is 0 Å². The fourth-order valence-corrected chi connectivity index (χ4v) is 2.21. The van der Waals surface area contributed by atoms with Crippen molar-refractivity contribution >= 4 is 21.7 Å². The first-order chi connectivity index (χ1) is 8.22. The van der Waals surface area contributed by atoms with Crippen molar-refractivity contribution < 1.29 is 4.79 Å². The first kappa shape index (κ1) is 14.4. The lowest BCUT2D eigenvalue weighted by Crippen LogP contribution is -2.02. The molecule has 17 heavy (non-hydrogen) atoms. The summed E-state index contributed by atoms with van der Waals surface area (Å²) in [5.74, 6) is 0.321. The van der Waals surface area contributed by atoms with Crippen molar-refractivity contribution in [3.63, 3.8) is 0 Å². The molecule has 1 aromatic heterocycles. The summed E-state index contributed by atoms with van der Waals surface area (Å²) in [6.07, 6.45) is 10.7. The van der Waals surface area contributed by atoms with E-state index in [9.17, 15) is 4.79 Å². The highest BCUT2D eigenvalue weighted by molar-refractivity contribution is 9.10. The van der Waals surface area contributed by atoms with E-state index in [0.717, 1.165) is 16.5 Å². The fraction of sp³-hybridized carbons (Fsp3) is 0.571. The zero-order chi connectivity index (χ0) is 12.5. The van der Waals surface area contributed by atoms with Crippen molar-refractivity contribution in [1.29, 1.82) is 0 Å². The maximum absolute atomic E-state index is 11.7. The van der Waals surface area contributed by atoms with Crippen molar-refractivity contribution in [1.82, 2.24) is 4.98 Å². The molecular formula is C14H20BrNO. The highest BCUT2D eigenvalue weighted by atomic mass is 79.9. The third-order valence-corrected chi connectivity index (χ3v) is 3.16. The van der Waals surface area contributed by atoms with Crippen molar-refractivity contribution in [2.75, 3.05) is 0 Å². The normalized spacial score (nSPS) is 10.5. The van der Waals surface area contributed by atoms with E-state index < -0.39 is 0 Å². The molecule has 0 aliphatic carbocycles. The van der Waals surface area contributed by atoms with Gasteiger partial charge in [-0.15, -0.1) is 0 Å². The summed E-state index contributed by atoms with van der Waals surface area (Å²) >= 11 is 3.36. The predicted octanol–water partition coefficient (Wildman–Crippen LogP) is 4.32. The number of hydrogen-bond acceptors (Lipinski definition) is 2. The van der Waals surface area contributed by atoms with E-state index in [1.807, 2.05) is 6.07 Å². The van der Waals surface area contributed by atoms with Crippen LogP contribution in [0.4, 0.5) is 0 Å². The zero-order valence-electron chi connectivity index (χ0n) is 10.4. The second-order valence-corrected chi connectivity index (χ2v) is 5.31. The topological polar surface area (TPSA) is 30.0 Å². The van der Waals surface area contributed by atoms with Gasteiger partial charge in [-0.25, -0.2) is 0 Å². The molecule has 0 radical (unpaired) electrons. The lowest BCUT2D eigenvalue weighted by Gasteiger charge is -2.02. The van der Waals surface area contributed by atoms with E-state index in [-0.39, 0.29) is 0 Å². The molecule has 3 heteroatoms. The van der Waals surface area contributed by atoms with Gasteiger partial charge in [0.05, 0.1) is 0 Å². The number of pyridine rings is 1. The summed E-state index contributed by atoms with van der Waals surface area (Å²) in [4.78, 5) is 15.8. The molecule has 0 amide bonds. The van der Waals surface area contributed by atoms with Crippen molar-refractivity contribution in [2.45, 2.75) is 51.9 Å². The summed E-state index contributed by atoms with van der Waals surface area (Å²) in [6.45, 7) is 2.20. The Kier molecular flexibility index (Phi) is 7.10. The standard InChI is InChI=1S/C14H20BrNO/c1-2-3-4-5-6-7-14(17)9-12-8-13(15)11-16-10-12/h8,10-11H,2-7,9H2,1H3. The van der Waals surface area contributed by atoms with Gasteiger partial charge in [0.1, 0.15) is 5.78 Å². The minimum absolute atomic E-state index is 0.321. The number of rotatable bonds is 8. The van der Waals surface area contributed by atoms with Gasteiger partial charge in [0.25, 0.3) is 0 Å². The molecule has 0 bridgehead atoms. The van der Waals surface area contributed by atoms with Crippen LogP contribution in [-0.2, 0) is 11.2 Å². The first-order valence-corrected chi connectivity index (χ1v) is 7.12. The molecule has 0 N–H and O–H groups in total. The Morgan fingerprint density at radius 1 is 1.24 bits per heavy atom. The van der Waals surface area contributed by atoms with E-state index in [0.29, 0.717) is 18.6 Å². The van der Waals surface area contributed by atoms with Crippen LogP contribution in [0.3, 0.4) is 0 Å². The summed E-state index contributed by atoms with van der Waals surface area (Å²) in [5, 5.41) is 0. The van der Waals surface area contributed by atoms with Gasteiger partial charge in [-0.2, -0.15) is 0 Å². The lowest BCUT2D eigenvalue weighted by atomic mass is 10.0. The average molecular weight is 298 g/mol. The monoisotopic (exact) mass is 297 g/mol. The lowest BCUT2D eigenvalue weighted by molar-refractivity contribution is -0.118. The number of carbonyl (C=O) groups excluding carboxylic acids is 1. The van der Waals surface area contributed by atoms with Gasteiger partial charge in [0, 0.05) is 29.7 Å². The Balaban J connectivity index is 2.21. The van der Waals surface area contributed by atoms with Gasteiger partial charge in [-0.05, 0) is 34.0 Å². The second-order valence-electron chi connectivity index (χ2n) is 4.39. The van der Waals surface area contributed by atoms with Gasteiger partial charge >= 0.3 is 0 Å². The van der Waals surface area contributed by atoms with E-state index in [1.54, 1.807) is 12.4 Å². The second kappa shape index (κ2) is 8.40. The molecule has 0 atom stereocenters. The molecule has 2 nitrogen and oxygen atoms in total. The Morgan fingerprint density at radius 2 is 2.00 bits per heavy atom. The smallest absolute Gasteiger partial charge is 0.137 e. The van der Waals surface area contributed by atoms with Gasteiger partial charge < -0.3 is 0 Å². The molecule has 1 aromatic rings. The highest BCUT2D eigenvalue weighted by Gasteiger charge is 2.04. The molecule has 0 spiro atoms. The fourth-order valence-electron chi connectivity index (χ4n) is 1.79. The van der Waals surface area contributed by atoms with Crippen molar-refractivity contribution in [3.8, 4) is 0 Å². The molecule has 0 unspecified atom stereocenters. The Hall–Kier alpha value is -0.700. The van der Waals surface area contributed by atoms with Crippen LogP contribution >= 0.6 is 15.9 Å². The van der Waals surface area contributed by atoms with Crippen LogP contribution in [0.5, 0.6) is 0 Å². The number of unbranched alkanes of at least 4 members (excludes halogenated alkanes) is 4. The highest BCUT2D eigenvalue weighted by Crippen LogP contribution is 2.12. The summed E-state index contributed by atoms with van der Waals surface area (Å²) in [6, 6.07) is 1.96. The predicted molar refractivity (Wildman–Crippen MR) is 74.0 cm³/mol. The molecule has 0 aromatic carbocycles. The molecule has 1 rings (SSSR count). The van der Waals surface area contributed by atoms with Gasteiger partial charge in [-0.3, -0.25) is 9.78 Å². The maximum Gasteiger partial charge on any atom is 0.137 e. The Bertz CT molecular complexity index is 352. The zero-order valence-corrected chi connectivity index (χ0v) is 12.0. The molecule has 0 fully saturated rings. The van der Waals surface area contributed by atoms with E-state index in [1.165, 1.54) is 25.7 Å². The molecule has 0 aliphatic rings. The number of hydrogen-bond donors (Lipinski definition) is 0. The average Bonchev–Trinajstić information content (AvgIpc) is 2.29. The molecule has 0 saturated heterocycles. The largest absolute Gasteiger partial charge is 0.299 e. The van der Waals surface area contributed by atoms with Crippen LogP contribution in [0.1, 0.15) is 51.0 Å². The van der Waals surface area contributed by atoms with Crippen molar-refractivity contribution in [3.05, 3.63) is 28.5 Å². The van der Waals surface area contributed by atoms with E-state index >= 15 is 0 Å². The van der Waals surface area contributed by atoms with Crippen LogP contribution in [0.25, 0.3) is 0 Å². The van der Waals surface area contributed by atoms with Gasteiger partial charge in [-0.1, -0.05) is 32.6 Å². The molecular weight excluding hydrogens is 278 g/mol. The SMILES string of the molecule is CCCCCCCC(=O)Cc1cncc(Br)c1. The third kappa shape index (κ3) is 6.57. The number of ketones is 1. The van der Waals surface area contributed by atoms with Crippen LogP contribution in [-0.4, -0.2) is 10.8 Å². The summed E-state index contributed by atoms with van der Waals surface area (Å²) < 4.78 is 0.936. The van der Waals surface area contributed by atoms with Crippen LogP contribution in [0, 0.1) is 0 Å². The number of Topliss-reactive ketones (excluding diaryl/α,β-unsaturated/α-hetero) is 1.